The van der Waals surface area contributed by atoms with Crippen LogP contribution < -0.4 is 5.11 Å². The number of halogens is 2. The van der Waals surface area contributed by atoms with E-state index >= 15 is 0 Å². The number of hydrogen-bond donors (Lipinski definition) is 0. The molecule has 2 rings (SSSR count). The first kappa shape index (κ1) is 12.8. The molecule has 0 radical (unpaired) electrons. The predicted octanol–water partition coefficient (Wildman–Crippen LogP) is 2.75. The Morgan fingerprint density at radius 2 is 1.83 bits per heavy atom. The van der Waals surface area contributed by atoms with Gasteiger partial charge in [-0.3, -0.25) is 0 Å². The highest BCUT2D eigenvalue weighted by Gasteiger charge is 2.07. The molecule has 0 aromatic heterocycles. The molecule has 0 fully saturated rings. The number of hydrogen-bond acceptors (Lipinski definition) is 2. The SMILES string of the molecule is O=C([O-])c1ccc(CBr)cc1-c1ccc(F)cc1. The molecule has 2 nitrogen and oxygen atoms in total. The summed E-state index contributed by atoms with van der Waals surface area (Å²) in [5, 5.41) is 11.7. The average molecular weight is 308 g/mol. The molecule has 4 heteroatoms. The van der Waals surface area contributed by atoms with Crippen LogP contribution in [-0.2, 0) is 5.33 Å². The van der Waals surface area contributed by atoms with E-state index in [1.54, 1.807) is 24.3 Å². The van der Waals surface area contributed by atoms with Crippen LogP contribution in [0.5, 0.6) is 0 Å². The molecule has 0 bridgehead atoms. The van der Waals surface area contributed by atoms with Crippen molar-refractivity contribution < 1.29 is 14.3 Å². The van der Waals surface area contributed by atoms with E-state index in [1.807, 2.05) is 0 Å². The van der Waals surface area contributed by atoms with Gasteiger partial charge in [-0.1, -0.05) is 40.2 Å². The maximum absolute atomic E-state index is 12.9. The molecular formula is C14H9BrFO2-. The molecule has 0 spiro atoms. The van der Waals surface area contributed by atoms with Gasteiger partial charge in [0.15, 0.2) is 0 Å². The minimum Gasteiger partial charge on any atom is -0.545 e. The molecule has 0 aliphatic rings. The van der Waals surface area contributed by atoms with Crippen molar-refractivity contribution in [2.75, 3.05) is 0 Å². The largest absolute Gasteiger partial charge is 0.545 e. The molecule has 18 heavy (non-hydrogen) atoms. The lowest BCUT2D eigenvalue weighted by Gasteiger charge is -2.12. The Labute approximate surface area is 112 Å². The van der Waals surface area contributed by atoms with Gasteiger partial charge in [0.05, 0.1) is 5.97 Å². The van der Waals surface area contributed by atoms with E-state index in [4.69, 9.17) is 0 Å². The number of alkyl halides is 1. The standard InChI is InChI=1S/C14H10BrFO2/c15-8-9-1-6-12(14(17)18)13(7-9)10-2-4-11(16)5-3-10/h1-7H,8H2,(H,17,18)/p-1. The number of rotatable bonds is 3. The first-order valence-corrected chi connectivity index (χ1v) is 6.40. The quantitative estimate of drug-likeness (QED) is 0.818. The minimum atomic E-state index is -1.24. The molecule has 0 atom stereocenters. The number of carbonyl (C=O) groups excluding carboxylic acids is 1. The van der Waals surface area contributed by atoms with Crippen molar-refractivity contribution in [3.05, 3.63) is 59.4 Å². The second kappa shape index (κ2) is 5.31. The van der Waals surface area contributed by atoms with E-state index in [9.17, 15) is 14.3 Å². The molecule has 0 aliphatic carbocycles. The molecule has 0 heterocycles. The fourth-order valence-corrected chi connectivity index (χ4v) is 2.07. The van der Waals surface area contributed by atoms with Gasteiger partial charge in [0.2, 0.25) is 0 Å². The fourth-order valence-electron chi connectivity index (χ4n) is 1.72. The minimum absolute atomic E-state index is 0.103. The van der Waals surface area contributed by atoms with Crippen LogP contribution in [0.4, 0.5) is 4.39 Å². The van der Waals surface area contributed by atoms with Gasteiger partial charge in [-0.05, 0) is 34.9 Å². The molecule has 0 N–H and O–H groups in total. The molecule has 0 saturated carbocycles. The number of benzene rings is 2. The van der Waals surface area contributed by atoms with Crippen molar-refractivity contribution in [1.82, 2.24) is 0 Å². The summed E-state index contributed by atoms with van der Waals surface area (Å²) in [5.41, 5.74) is 2.23. The first-order chi connectivity index (χ1) is 8.61. The number of carboxylic acid groups (broad SMARTS) is 1. The van der Waals surface area contributed by atoms with Crippen molar-refractivity contribution in [2.24, 2.45) is 0 Å². The van der Waals surface area contributed by atoms with E-state index in [-0.39, 0.29) is 11.4 Å². The monoisotopic (exact) mass is 307 g/mol. The van der Waals surface area contributed by atoms with Crippen LogP contribution in [0.1, 0.15) is 15.9 Å². The highest BCUT2D eigenvalue weighted by Crippen LogP contribution is 2.26. The molecule has 0 aliphatic heterocycles. The van der Waals surface area contributed by atoms with Crippen molar-refractivity contribution in [2.45, 2.75) is 5.33 Å². The smallest absolute Gasteiger partial charge is 0.123 e. The van der Waals surface area contributed by atoms with Gasteiger partial charge >= 0.3 is 0 Å². The average Bonchev–Trinajstić information content (AvgIpc) is 2.38. The van der Waals surface area contributed by atoms with Crippen molar-refractivity contribution in [3.63, 3.8) is 0 Å². The van der Waals surface area contributed by atoms with Gasteiger partial charge in [-0.2, -0.15) is 0 Å². The summed E-state index contributed by atoms with van der Waals surface area (Å²) in [6, 6.07) is 10.7. The van der Waals surface area contributed by atoms with Crippen LogP contribution in [0.2, 0.25) is 0 Å². The normalized spacial score (nSPS) is 10.3. The second-order valence-corrected chi connectivity index (χ2v) is 4.37. The summed E-state index contributed by atoms with van der Waals surface area (Å²) >= 11 is 3.31. The summed E-state index contributed by atoms with van der Waals surface area (Å²) in [6.45, 7) is 0. The highest BCUT2D eigenvalue weighted by molar-refractivity contribution is 9.08. The highest BCUT2D eigenvalue weighted by atomic mass is 79.9. The summed E-state index contributed by atoms with van der Waals surface area (Å²) in [5.74, 6) is -1.60. The van der Waals surface area contributed by atoms with Crippen molar-refractivity contribution >= 4 is 21.9 Å². The van der Waals surface area contributed by atoms with Gasteiger partial charge in [-0.15, -0.1) is 0 Å². The van der Waals surface area contributed by atoms with Gasteiger partial charge in [0.25, 0.3) is 0 Å². The first-order valence-electron chi connectivity index (χ1n) is 5.28. The van der Waals surface area contributed by atoms with Crippen molar-refractivity contribution in [1.29, 1.82) is 0 Å². The number of aromatic carboxylic acids is 1. The van der Waals surface area contributed by atoms with Crippen LogP contribution >= 0.6 is 15.9 Å². The molecular weight excluding hydrogens is 299 g/mol. The number of carbonyl (C=O) groups is 1. The van der Waals surface area contributed by atoms with Crippen molar-refractivity contribution in [3.8, 4) is 11.1 Å². The van der Waals surface area contributed by atoms with Gasteiger partial charge in [0, 0.05) is 10.9 Å². The molecule has 2 aromatic carbocycles. The maximum Gasteiger partial charge on any atom is 0.123 e. The van der Waals surface area contributed by atoms with Gasteiger partial charge in [-0.25, -0.2) is 4.39 Å². The lowest BCUT2D eigenvalue weighted by Crippen LogP contribution is -2.23. The molecule has 92 valence electrons. The Kier molecular flexibility index (Phi) is 3.77. The predicted molar refractivity (Wildman–Crippen MR) is 68.8 cm³/mol. The van der Waals surface area contributed by atoms with E-state index in [2.05, 4.69) is 15.9 Å². The summed E-state index contributed by atoms with van der Waals surface area (Å²) < 4.78 is 12.9. The van der Waals surface area contributed by atoms with E-state index in [1.165, 1.54) is 18.2 Å². The zero-order valence-electron chi connectivity index (χ0n) is 9.32. The van der Waals surface area contributed by atoms with Crippen LogP contribution in [0, 0.1) is 5.82 Å². The molecule has 0 saturated heterocycles. The summed E-state index contributed by atoms with van der Waals surface area (Å²) in [6.07, 6.45) is 0. The lowest BCUT2D eigenvalue weighted by molar-refractivity contribution is -0.254. The zero-order valence-corrected chi connectivity index (χ0v) is 10.9. The fraction of sp³-hybridized carbons (Fsp3) is 0.0714. The Morgan fingerprint density at radius 1 is 1.17 bits per heavy atom. The second-order valence-electron chi connectivity index (χ2n) is 3.81. The maximum atomic E-state index is 12.9. The Hall–Kier alpha value is -1.68. The Morgan fingerprint density at radius 3 is 2.39 bits per heavy atom. The van der Waals surface area contributed by atoms with E-state index < -0.39 is 5.97 Å². The van der Waals surface area contributed by atoms with Crippen LogP contribution in [-0.4, -0.2) is 5.97 Å². The Balaban J connectivity index is 2.59. The topological polar surface area (TPSA) is 40.1 Å². The van der Waals surface area contributed by atoms with Gasteiger partial charge < -0.3 is 9.90 Å². The number of carboxylic acids is 1. The van der Waals surface area contributed by atoms with Crippen LogP contribution in [0.15, 0.2) is 42.5 Å². The van der Waals surface area contributed by atoms with E-state index in [0.29, 0.717) is 16.5 Å². The molecule has 0 amide bonds. The molecule has 0 unspecified atom stereocenters. The van der Waals surface area contributed by atoms with Gasteiger partial charge in [0.1, 0.15) is 5.82 Å². The third kappa shape index (κ3) is 2.59. The summed E-state index contributed by atoms with van der Waals surface area (Å²) in [4.78, 5) is 11.1. The zero-order chi connectivity index (χ0) is 13.1. The van der Waals surface area contributed by atoms with Crippen LogP contribution in [0.25, 0.3) is 11.1 Å². The van der Waals surface area contributed by atoms with E-state index in [0.717, 1.165) is 5.56 Å². The third-order valence-electron chi connectivity index (χ3n) is 2.61. The van der Waals surface area contributed by atoms with Crippen LogP contribution in [0.3, 0.4) is 0 Å². The third-order valence-corrected chi connectivity index (χ3v) is 3.26. The summed E-state index contributed by atoms with van der Waals surface area (Å²) in [7, 11) is 0. The molecule has 2 aromatic rings. The Bertz CT molecular complexity index is 579. The lowest BCUT2D eigenvalue weighted by atomic mass is 9.97.